The minimum absolute atomic E-state index is 0.0256. The SMILES string of the molecule is Cc1cnc(/C=C/[N+](=O)[O-])c(F)c1. The molecule has 0 aliphatic heterocycles. The van der Waals surface area contributed by atoms with Crippen LogP contribution in [0.1, 0.15) is 11.3 Å². The molecule has 1 heterocycles. The van der Waals surface area contributed by atoms with Gasteiger partial charge in [-0.05, 0) is 18.6 Å². The maximum atomic E-state index is 13.0. The molecule has 0 spiro atoms. The summed E-state index contributed by atoms with van der Waals surface area (Å²) in [6.07, 6.45) is 3.12. The van der Waals surface area contributed by atoms with Crippen LogP contribution in [-0.4, -0.2) is 9.91 Å². The summed E-state index contributed by atoms with van der Waals surface area (Å²) in [6, 6.07) is 1.27. The van der Waals surface area contributed by atoms with Gasteiger partial charge in [0.05, 0.1) is 4.92 Å². The Labute approximate surface area is 73.9 Å². The van der Waals surface area contributed by atoms with E-state index in [1.165, 1.54) is 12.3 Å². The van der Waals surface area contributed by atoms with Gasteiger partial charge in [0.25, 0.3) is 0 Å². The maximum Gasteiger partial charge on any atom is 0.236 e. The molecule has 0 aromatic carbocycles. The monoisotopic (exact) mass is 182 g/mol. The van der Waals surface area contributed by atoms with Crippen LogP contribution < -0.4 is 0 Å². The Hall–Kier alpha value is -1.78. The van der Waals surface area contributed by atoms with Gasteiger partial charge in [-0.25, -0.2) is 4.39 Å². The van der Waals surface area contributed by atoms with Crippen LogP contribution in [0.15, 0.2) is 18.5 Å². The molecule has 0 radical (unpaired) electrons. The van der Waals surface area contributed by atoms with Crippen LogP contribution >= 0.6 is 0 Å². The summed E-state index contributed by atoms with van der Waals surface area (Å²) in [5.41, 5.74) is 0.651. The van der Waals surface area contributed by atoms with E-state index in [4.69, 9.17) is 0 Å². The minimum Gasteiger partial charge on any atom is -0.259 e. The zero-order chi connectivity index (χ0) is 9.84. The molecule has 1 aromatic heterocycles. The number of hydrogen-bond donors (Lipinski definition) is 0. The van der Waals surface area contributed by atoms with Gasteiger partial charge >= 0.3 is 0 Å². The first kappa shape index (κ1) is 9.31. The fourth-order valence-electron chi connectivity index (χ4n) is 0.798. The zero-order valence-corrected chi connectivity index (χ0v) is 6.90. The Bertz CT molecular complexity index is 363. The van der Waals surface area contributed by atoms with E-state index in [-0.39, 0.29) is 5.69 Å². The van der Waals surface area contributed by atoms with Crippen molar-refractivity contribution < 1.29 is 9.31 Å². The third-order valence-electron chi connectivity index (χ3n) is 1.36. The van der Waals surface area contributed by atoms with Gasteiger partial charge < -0.3 is 0 Å². The highest BCUT2D eigenvalue weighted by Gasteiger charge is 2.00. The molecule has 5 heteroatoms. The van der Waals surface area contributed by atoms with Crippen molar-refractivity contribution in [2.75, 3.05) is 0 Å². The molecule has 0 bridgehead atoms. The summed E-state index contributed by atoms with van der Waals surface area (Å²) in [4.78, 5) is 12.9. The van der Waals surface area contributed by atoms with Crippen LogP contribution in [0, 0.1) is 22.9 Å². The summed E-state index contributed by atoms with van der Waals surface area (Å²) >= 11 is 0. The van der Waals surface area contributed by atoms with Gasteiger partial charge in [-0.15, -0.1) is 0 Å². The van der Waals surface area contributed by atoms with Gasteiger partial charge in [-0.2, -0.15) is 0 Å². The van der Waals surface area contributed by atoms with E-state index >= 15 is 0 Å². The fraction of sp³-hybridized carbons (Fsp3) is 0.125. The van der Waals surface area contributed by atoms with E-state index in [0.717, 1.165) is 6.08 Å². The van der Waals surface area contributed by atoms with E-state index in [1.807, 2.05) is 0 Å². The van der Waals surface area contributed by atoms with Crippen molar-refractivity contribution in [3.05, 3.63) is 45.7 Å². The predicted molar refractivity (Wildman–Crippen MR) is 45.0 cm³/mol. The van der Waals surface area contributed by atoms with Crippen LogP contribution in [0.4, 0.5) is 4.39 Å². The molecule has 1 rings (SSSR count). The number of nitro groups is 1. The van der Waals surface area contributed by atoms with Crippen molar-refractivity contribution in [3.8, 4) is 0 Å². The highest BCUT2D eigenvalue weighted by atomic mass is 19.1. The molecule has 0 unspecified atom stereocenters. The van der Waals surface area contributed by atoms with Gasteiger partial charge in [0, 0.05) is 12.3 Å². The molecule has 0 fully saturated rings. The first-order valence-corrected chi connectivity index (χ1v) is 3.53. The quantitative estimate of drug-likeness (QED) is 0.517. The molecule has 4 nitrogen and oxygen atoms in total. The first-order chi connectivity index (χ1) is 6.09. The molecule has 13 heavy (non-hydrogen) atoms. The number of hydrogen-bond acceptors (Lipinski definition) is 3. The number of rotatable bonds is 2. The standard InChI is InChI=1S/C8H7FN2O2/c1-6-4-7(9)8(10-5-6)2-3-11(12)13/h2-5H,1H3/b3-2+. The van der Waals surface area contributed by atoms with Crippen molar-refractivity contribution in [3.63, 3.8) is 0 Å². The smallest absolute Gasteiger partial charge is 0.236 e. The lowest BCUT2D eigenvalue weighted by Crippen LogP contribution is -1.90. The first-order valence-electron chi connectivity index (χ1n) is 3.53. The van der Waals surface area contributed by atoms with Crippen molar-refractivity contribution in [2.24, 2.45) is 0 Å². The van der Waals surface area contributed by atoms with E-state index in [0.29, 0.717) is 11.8 Å². The Morgan fingerprint density at radius 2 is 2.38 bits per heavy atom. The Morgan fingerprint density at radius 1 is 1.69 bits per heavy atom. The molecule has 0 saturated carbocycles. The number of aryl methyl sites for hydroxylation is 1. The Morgan fingerprint density at radius 3 is 2.92 bits per heavy atom. The van der Waals surface area contributed by atoms with Crippen molar-refractivity contribution in [1.29, 1.82) is 0 Å². The van der Waals surface area contributed by atoms with Gasteiger partial charge in [-0.3, -0.25) is 15.1 Å². The van der Waals surface area contributed by atoms with E-state index in [9.17, 15) is 14.5 Å². The summed E-state index contributed by atoms with van der Waals surface area (Å²) in [6.45, 7) is 1.69. The molecule has 0 amide bonds. The highest BCUT2D eigenvalue weighted by molar-refractivity contribution is 5.43. The molecule has 68 valence electrons. The zero-order valence-electron chi connectivity index (χ0n) is 6.90. The number of halogens is 1. The van der Waals surface area contributed by atoms with Crippen LogP contribution in [0.2, 0.25) is 0 Å². The second-order valence-electron chi connectivity index (χ2n) is 2.48. The van der Waals surface area contributed by atoms with Gasteiger partial charge in [0.1, 0.15) is 11.5 Å². The molecule has 0 saturated heterocycles. The summed E-state index contributed by atoms with van der Waals surface area (Å²) in [7, 11) is 0. The normalized spacial score (nSPS) is 10.6. The molecule has 0 aliphatic carbocycles. The summed E-state index contributed by atoms with van der Waals surface area (Å²) < 4.78 is 13.0. The third kappa shape index (κ3) is 2.62. The molecule has 0 N–H and O–H groups in total. The van der Waals surface area contributed by atoms with E-state index < -0.39 is 10.7 Å². The Balaban J connectivity index is 2.96. The van der Waals surface area contributed by atoms with E-state index in [1.54, 1.807) is 6.92 Å². The van der Waals surface area contributed by atoms with Crippen molar-refractivity contribution in [2.45, 2.75) is 6.92 Å². The lowest BCUT2D eigenvalue weighted by Gasteiger charge is -1.95. The fourth-order valence-corrected chi connectivity index (χ4v) is 0.798. The summed E-state index contributed by atoms with van der Waals surface area (Å²) in [5.74, 6) is -0.557. The number of pyridine rings is 1. The minimum atomic E-state index is -0.666. The lowest BCUT2D eigenvalue weighted by atomic mass is 10.2. The van der Waals surface area contributed by atoms with E-state index in [2.05, 4.69) is 4.98 Å². The topological polar surface area (TPSA) is 56.0 Å². The second-order valence-corrected chi connectivity index (χ2v) is 2.48. The molecule has 1 aromatic rings. The third-order valence-corrected chi connectivity index (χ3v) is 1.36. The van der Waals surface area contributed by atoms with Crippen LogP contribution in [0.5, 0.6) is 0 Å². The average molecular weight is 182 g/mol. The number of nitrogens with zero attached hydrogens (tertiary/aromatic N) is 2. The largest absolute Gasteiger partial charge is 0.259 e. The molecular weight excluding hydrogens is 175 g/mol. The van der Waals surface area contributed by atoms with Crippen LogP contribution in [0.25, 0.3) is 6.08 Å². The maximum absolute atomic E-state index is 13.0. The molecule has 0 atom stereocenters. The molecular formula is C8H7FN2O2. The number of aromatic nitrogens is 1. The average Bonchev–Trinajstić information content (AvgIpc) is 2.02. The lowest BCUT2D eigenvalue weighted by molar-refractivity contribution is -0.401. The van der Waals surface area contributed by atoms with Crippen molar-refractivity contribution in [1.82, 2.24) is 4.98 Å². The molecule has 0 aliphatic rings. The second kappa shape index (κ2) is 3.75. The van der Waals surface area contributed by atoms with Crippen molar-refractivity contribution >= 4 is 6.08 Å². The van der Waals surface area contributed by atoms with Gasteiger partial charge in [0.15, 0.2) is 0 Å². The van der Waals surface area contributed by atoms with Gasteiger partial charge in [0.2, 0.25) is 6.20 Å². The summed E-state index contributed by atoms with van der Waals surface area (Å²) in [5, 5.41) is 9.92. The Kier molecular flexibility index (Phi) is 2.69. The van der Waals surface area contributed by atoms with Crippen LogP contribution in [0.3, 0.4) is 0 Å². The van der Waals surface area contributed by atoms with Crippen LogP contribution in [-0.2, 0) is 0 Å². The highest BCUT2D eigenvalue weighted by Crippen LogP contribution is 2.07. The van der Waals surface area contributed by atoms with Gasteiger partial charge in [-0.1, -0.05) is 0 Å². The predicted octanol–water partition coefficient (Wildman–Crippen LogP) is 1.78.